The number of nitrogens with one attached hydrogen (secondary N) is 2. The number of nitrogens with zero attached hydrogens (tertiary/aromatic N) is 1. The van der Waals surface area contributed by atoms with Gasteiger partial charge in [0.15, 0.2) is 11.6 Å². The summed E-state index contributed by atoms with van der Waals surface area (Å²) in [5.41, 5.74) is 6.84. The summed E-state index contributed by atoms with van der Waals surface area (Å²) in [5.74, 6) is 0.663. The third kappa shape index (κ3) is 6.42. The zero-order valence-corrected chi connectivity index (χ0v) is 24.1. The Morgan fingerprint density at radius 1 is 1.13 bits per heavy atom. The molecule has 1 aliphatic heterocycles. The van der Waals surface area contributed by atoms with Gasteiger partial charge in [-0.1, -0.05) is 63.4 Å². The summed E-state index contributed by atoms with van der Waals surface area (Å²) < 4.78 is 13.0. The van der Waals surface area contributed by atoms with Crippen LogP contribution in [0.15, 0.2) is 76.2 Å². The molecule has 1 amide bonds. The maximum atomic E-state index is 14.1. The van der Waals surface area contributed by atoms with Crippen LogP contribution in [0, 0.1) is 0 Å². The standard InChI is InChI=1S/C29H28BrCl2N3O4/c30-24-5-2-1-4-19(24)17-29(28(37)35-34-21-9-10-21)26(23-13-8-20(31)16-25(23)32)39-27(33-29)18-6-11-22(12-7-18)38-15-3-14-36/h1-2,4-8,11-13,16,21,26,34,36H,3,9-10,14-15,17H2,(H,35,37)/t26-,29-/m0/s1. The van der Waals surface area contributed by atoms with Crippen LogP contribution in [-0.4, -0.2) is 41.7 Å². The van der Waals surface area contributed by atoms with Crippen LogP contribution in [0.3, 0.4) is 0 Å². The van der Waals surface area contributed by atoms with Gasteiger partial charge in [-0.25, -0.2) is 10.4 Å². The van der Waals surface area contributed by atoms with E-state index >= 15 is 0 Å². The molecule has 0 spiro atoms. The summed E-state index contributed by atoms with van der Waals surface area (Å²) >= 11 is 16.5. The number of aliphatic hydroxyl groups is 1. The molecule has 0 aromatic heterocycles. The van der Waals surface area contributed by atoms with Crippen molar-refractivity contribution in [3.8, 4) is 5.75 Å². The maximum Gasteiger partial charge on any atom is 0.266 e. The van der Waals surface area contributed by atoms with E-state index in [2.05, 4.69) is 26.8 Å². The minimum absolute atomic E-state index is 0.0641. The minimum Gasteiger partial charge on any atom is -0.494 e. The monoisotopic (exact) mass is 631 g/mol. The van der Waals surface area contributed by atoms with Crippen molar-refractivity contribution < 1.29 is 19.4 Å². The fraction of sp³-hybridized carbons (Fsp3) is 0.310. The lowest BCUT2D eigenvalue weighted by Crippen LogP contribution is -2.54. The van der Waals surface area contributed by atoms with Gasteiger partial charge in [-0.15, -0.1) is 0 Å². The molecule has 3 aromatic rings. The zero-order valence-electron chi connectivity index (χ0n) is 21.0. The Morgan fingerprint density at radius 3 is 2.59 bits per heavy atom. The summed E-state index contributed by atoms with van der Waals surface area (Å²) in [6.07, 6.45) is 1.97. The molecule has 2 atom stereocenters. The zero-order chi connectivity index (χ0) is 27.4. The Bertz CT molecular complexity index is 1370. The van der Waals surface area contributed by atoms with Crippen LogP contribution in [-0.2, 0) is 16.0 Å². The second-order valence-electron chi connectivity index (χ2n) is 9.60. The number of carbonyl (C=O) groups is 1. The van der Waals surface area contributed by atoms with Gasteiger partial charge in [-0.3, -0.25) is 10.2 Å². The van der Waals surface area contributed by atoms with Crippen molar-refractivity contribution in [3.05, 3.63) is 97.9 Å². The van der Waals surface area contributed by atoms with Crippen molar-refractivity contribution in [2.45, 2.75) is 43.4 Å². The van der Waals surface area contributed by atoms with Gasteiger partial charge in [0.05, 0.1) is 6.61 Å². The summed E-state index contributed by atoms with van der Waals surface area (Å²) in [6.45, 7) is 0.475. The summed E-state index contributed by atoms with van der Waals surface area (Å²) in [4.78, 5) is 19.1. The van der Waals surface area contributed by atoms with Crippen molar-refractivity contribution in [2.75, 3.05) is 13.2 Å². The van der Waals surface area contributed by atoms with E-state index in [1.807, 2.05) is 48.5 Å². The topological polar surface area (TPSA) is 92.2 Å². The fourth-order valence-corrected chi connectivity index (χ4v) is 5.34. The maximum absolute atomic E-state index is 14.1. The second kappa shape index (κ2) is 12.3. The van der Waals surface area contributed by atoms with Gasteiger partial charge in [-0.05, 0) is 60.9 Å². The van der Waals surface area contributed by atoms with E-state index in [0.29, 0.717) is 45.8 Å². The lowest BCUT2D eigenvalue weighted by molar-refractivity contribution is -0.130. The SMILES string of the molecule is O=C(NNC1CC1)[C@@]1(Cc2ccccc2Br)N=C(c2ccc(OCCCO)cc2)O[C@H]1c1ccc(Cl)cc1Cl. The van der Waals surface area contributed by atoms with E-state index < -0.39 is 11.6 Å². The molecule has 1 heterocycles. The first-order valence-electron chi connectivity index (χ1n) is 12.7. The van der Waals surface area contributed by atoms with Crippen LogP contribution in [0.1, 0.15) is 42.1 Å². The molecule has 0 bridgehead atoms. The number of aliphatic imine (C=N–C) groups is 1. The lowest BCUT2D eigenvalue weighted by atomic mass is 9.82. The van der Waals surface area contributed by atoms with Crippen molar-refractivity contribution >= 4 is 50.9 Å². The number of hydrogen-bond donors (Lipinski definition) is 3. The second-order valence-corrected chi connectivity index (χ2v) is 11.3. The van der Waals surface area contributed by atoms with Crippen molar-refractivity contribution in [3.63, 3.8) is 0 Å². The molecule has 1 fully saturated rings. The van der Waals surface area contributed by atoms with Gasteiger partial charge in [-0.2, -0.15) is 0 Å². The Balaban J connectivity index is 1.57. The average molecular weight is 633 g/mol. The number of amides is 1. The quantitative estimate of drug-likeness (QED) is 0.184. The van der Waals surface area contributed by atoms with Gasteiger partial charge in [0.1, 0.15) is 5.75 Å². The van der Waals surface area contributed by atoms with Crippen LogP contribution in [0.5, 0.6) is 5.75 Å². The predicted molar refractivity (Wildman–Crippen MR) is 155 cm³/mol. The Labute approximate surface area is 245 Å². The van der Waals surface area contributed by atoms with Gasteiger partial charge < -0.3 is 14.6 Å². The average Bonchev–Trinajstić information content (AvgIpc) is 3.69. The molecule has 0 saturated heterocycles. The molecule has 7 nitrogen and oxygen atoms in total. The van der Waals surface area contributed by atoms with Gasteiger partial charge in [0.25, 0.3) is 5.91 Å². The van der Waals surface area contributed by atoms with E-state index in [4.69, 9.17) is 42.8 Å². The minimum atomic E-state index is -1.38. The van der Waals surface area contributed by atoms with E-state index in [1.165, 1.54) is 0 Å². The third-order valence-electron chi connectivity index (χ3n) is 6.66. The molecule has 5 rings (SSSR count). The van der Waals surface area contributed by atoms with Gasteiger partial charge >= 0.3 is 0 Å². The highest BCUT2D eigenvalue weighted by atomic mass is 79.9. The molecular formula is C29H28BrCl2N3O4. The number of hydrazine groups is 1. The van der Waals surface area contributed by atoms with Crippen LogP contribution in [0.2, 0.25) is 10.0 Å². The molecule has 3 N–H and O–H groups in total. The van der Waals surface area contributed by atoms with Crippen molar-refractivity contribution in [1.82, 2.24) is 10.9 Å². The molecule has 0 unspecified atom stereocenters. The summed E-state index contributed by atoms with van der Waals surface area (Å²) in [7, 11) is 0. The third-order valence-corrected chi connectivity index (χ3v) is 8.00. The number of halogens is 3. The Morgan fingerprint density at radius 2 is 1.90 bits per heavy atom. The number of benzene rings is 3. The highest BCUT2D eigenvalue weighted by Gasteiger charge is 2.54. The highest BCUT2D eigenvalue weighted by Crippen LogP contribution is 2.45. The molecule has 39 heavy (non-hydrogen) atoms. The molecule has 3 aromatic carbocycles. The molecule has 2 aliphatic rings. The lowest BCUT2D eigenvalue weighted by Gasteiger charge is -2.31. The van der Waals surface area contributed by atoms with E-state index in [9.17, 15) is 4.79 Å². The first kappa shape index (κ1) is 27.9. The fourth-order valence-electron chi connectivity index (χ4n) is 4.41. The van der Waals surface area contributed by atoms with Crippen molar-refractivity contribution in [1.29, 1.82) is 0 Å². The van der Waals surface area contributed by atoms with E-state index in [0.717, 1.165) is 22.9 Å². The summed E-state index contributed by atoms with van der Waals surface area (Å²) in [5, 5.41) is 9.87. The first-order chi connectivity index (χ1) is 18.9. The van der Waals surface area contributed by atoms with E-state index in [-0.39, 0.29) is 25.0 Å². The van der Waals surface area contributed by atoms with Gasteiger partial charge in [0, 0.05) is 51.1 Å². The van der Waals surface area contributed by atoms with Gasteiger partial charge in [0.2, 0.25) is 5.90 Å². The Hall–Kier alpha value is -2.62. The summed E-state index contributed by atoms with van der Waals surface area (Å²) in [6, 6.07) is 20.4. The molecule has 204 valence electrons. The highest BCUT2D eigenvalue weighted by molar-refractivity contribution is 9.10. The van der Waals surface area contributed by atoms with Crippen LogP contribution >= 0.6 is 39.1 Å². The molecule has 1 saturated carbocycles. The smallest absolute Gasteiger partial charge is 0.266 e. The normalized spacial score (nSPS) is 20.3. The first-order valence-corrected chi connectivity index (χ1v) is 14.3. The molecule has 1 aliphatic carbocycles. The van der Waals surface area contributed by atoms with Crippen LogP contribution in [0.25, 0.3) is 0 Å². The number of aliphatic hydroxyl groups excluding tert-OH is 1. The van der Waals surface area contributed by atoms with Crippen LogP contribution < -0.4 is 15.6 Å². The molecule has 10 heteroatoms. The number of ether oxygens (including phenoxy) is 2. The molecule has 0 radical (unpaired) electrons. The van der Waals surface area contributed by atoms with Crippen molar-refractivity contribution in [2.24, 2.45) is 4.99 Å². The molecular weight excluding hydrogens is 605 g/mol. The Kier molecular flexibility index (Phi) is 8.79. The largest absolute Gasteiger partial charge is 0.494 e. The number of hydrogen-bond acceptors (Lipinski definition) is 6. The van der Waals surface area contributed by atoms with Crippen LogP contribution in [0.4, 0.5) is 0 Å². The van der Waals surface area contributed by atoms with E-state index in [1.54, 1.807) is 18.2 Å². The predicted octanol–water partition coefficient (Wildman–Crippen LogP) is 5.80. The number of rotatable bonds is 11. The number of carbonyl (C=O) groups excluding carboxylic acids is 1.